The first-order valence-electron chi connectivity index (χ1n) is 10.6. The van der Waals surface area contributed by atoms with Gasteiger partial charge in [0.2, 0.25) is 0 Å². The second kappa shape index (κ2) is 9.40. The summed E-state index contributed by atoms with van der Waals surface area (Å²) in [5, 5.41) is 2.93. The van der Waals surface area contributed by atoms with Crippen molar-refractivity contribution in [1.29, 1.82) is 0 Å². The van der Waals surface area contributed by atoms with Gasteiger partial charge in [0.1, 0.15) is 0 Å². The fraction of sp³-hybridized carbons (Fsp3) is 0.435. The molecule has 1 N–H and O–H groups in total. The Hall–Kier alpha value is -2.11. The number of nitrogens with one attached hydrogen (secondary N) is 1. The van der Waals surface area contributed by atoms with Crippen molar-refractivity contribution in [3.05, 3.63) is 58.6 Å². The van der Waals surface area contributed by atoms with E-state index in [1.807, 2.05) is 0 Å². The summed E-state index contributed by atoms with van der Waals surface area (Å²) in [6.07, 6.45) is -2.59. The van der Waals surface area contributed by atoms with Crippen molar-refractivity contribution in [2.45, 2.75) is 59.9 Å². The van der Waals surface area contributed by atoms with E-state index in [1.165, 1.54) is 32.0 Å². The van der Waals surface area contributed by atoms with Crippen LogP contribution < -0.4 is 5.32 Å². The molecular formula is C23H25ClF3NO5S2. The van der Waals surface area contributed by atoms with Gasteiger partial charge in [0.05, 0.1) is 25.7 Å². The van der Waals surface area contributed by atoms with E-state index in [-0.39, 0.29) is 33.9 Å². The quantitative estimate of drug-likeness (QED) is 0.527. The van der Waals surface area contributed by atoms with Gasteiger partial charge in [0, 0.05) is 17.3 Å². The van der Waals surface area contributed by atoms with Crippen LogP contribution in [0.15, 0.2) is 52.3 Å². The van der Waals surface area contributed by atoms with Crippen LogP contribution in [-0.2, 0) is 25.9 Å². The standard InChI is InChI=1S/C23H25ClF3NO5S2/c1-22(2,35(32,33)18-6-4-5-15(11-18)23(25,26)27)13-14-9-17(10-14)28-21(29)19-8-7-16(24)12-20(19)34(3,30)31/h4-8,11-12,14,17H,9-10,13H2,1-3H3,(H,28,29)/t14-,17-. The zero-order valence-electron chi connectivity index (χ0n) is 19.2. The molecule has 12 heteroatoms. The highest BCUT2D eigenvalue weighted by Gasteiger charge is 2.43. The highest BCUT2D eigenvalue weighted by Crippen LogP contribution is 2.40. The Balaban J connectivity index is 1.67. The van der Waals surface area contributed by atoms with Gasteiger partial charge in [-0.2, -0.15) is 13.2 Å². The number of halogens is 4. The molecule has 0 radical (unpaired) electrons. The third-order valence-corrected chi connectivity index (χ3v) is 10.0. The summed E-state index contributed by atoms with van der Waals surface area (Å²) in [5.41, 5.74) is -1.07. The van der Waals surface area contributed by atoms with E-state index in [0.717, 1.165) is 24.5 Å². The SMILES string of the molecule is CC(C)(C[C@H]1C[C@H](NC(=O)c2ccc(Cl)cc2S(C)(=O)=O)C1)S(=O)(=O)c1cccc(C(F)(F)F)c1. The van der Waals surface area contributed by atoms with Crippen molar-refractivity contribution in [3.63, 3.8) is 0 Å². The Bertz CT molecular complexity index is 1350. The summed E-state index contributed by atoms with van der Waals surface area (Å²) in [5.74, 6) is -0.670. The van der Waals surface area contributed by atoms with Crippen molar-refractivity contribution in [2.75, 3.05) is 6.26 Å². The highest BCUT2D eigenvalue weighted by molar-refractivity contribution is 7.92. The Kier molecular flexibility index (Phi) is 7.38. The first kappa shape index (κ1) is 27.5. The van der Waals surface area contributed by atoms with E-state index in [9.17, 15) is 34.8 Å². The average molecular weight is 552 g/mol. The van der Waals surface area contributed by atoms with Crippen molar-refractivity contribution in [3.8, 4) is 0 Å². The molecule has 0 bridgehead atoms. The number of amides is 1. The number of carbonyl (C=O) groups is 1. The maximum absolute atomic E-state index is 13.1. The van der Waals surface area contributed by atoms with Crippen molar-refractivity contribution < 1.29 is 34.8 Å². The monoisotopic (exact) mass is 551 g/mol. The summed E-state index contributed by atoms with van der Waals surface area (Å²) >= 11 is 5.86. The predicted octanol–water partition coefficient (Wildman–Crippen LogP) is 4.91. The van der Waals surface area contributed by atoms with Gasteiger partial charge in [-0.25, -0.2) is 16.8 Å². The summed E-state index contributed by atoms with van der Waals surface area (Å²) in [7, 11) is -7.77. The fourth-order valence-electron chi connectivity index (χ4n) is 4.24. The zero-order valence-corrected chi connectivity index (χ0v) is 21.6. The molecule has 0 aromatic heterocycles. The van der Waals surface area contributed by atoms with Gasteiger partial charge in [-0.1, -0.05) is 17.7 Å². The molecule has 192 valence electrons. The minimum atomic E-state index is -4.66. The number of benzene rings is 2. The largest absolute Gasteiger partial charge is 0.416 e. The fourth-order valence-corrected chi connectivity index (χ4v) is 7.01. The summed E-state index contributed by atoms with van der Waals surface area (Å²) in [6, 6.07) is 7.35. The lowest BCUT2D eigenvalue weighted by Gasteiger charge is -2.40. The van der Waals surface area contributed by atoms with E-state index < -0.39 is 47.0 Å². The van der Waals surface area contributed by atoms with Crippen LogP contribution in [0.25, 0.3) is 0 Å². The van der Waals surface area contributed by atoms with Crippen LogP contribution >= 0.6 is 11.6 Å². The molecule has 0 atom stereocenters. The van der Waals surface area contributed by atoms with Crippen LogP contribution in [0.2, 0.25) is 5.02 Å². The molecule has 0 saturated heterocycles. The van der Waals surface area contributed by atoms with Gasteiger partial charge in [-0.05, 0) is 75.4 Å². The maximum atomic E-state index is 13.1. The van der Waals surface area contributed by atoms with Crippen LogP contribution in [0.3, 0.4) is 0 Å². The summed E-state index contributed by atoms with van der Waals surface area (Å²) in [4.78, 5) is 12.1. The van der Waals surface area contributed by atoms with Gasteiger partial charge >= 0.3 is 6.18 Å². The Morgan fingerprint density at radius 2 is 1.69 bits per heavy atom. The molecular weight excluding hydrogens is 527 g/mol. The van der Waals surface area contributed by atoms with Gasteiger partial charge in [-0.15, -0.1) is 0 Å². The number of alkyl halides is 3. The van der Waals surface area contributed by atoms with E-state index >= 15 is 0 Å². The zero-order chi connectivity index (χ0) is 26.4. The number of hydrogen-bond acceptors (Lipinski definition) is 5. The summed E-state index contributed by atoms with van der Waals surface area (Å²) in [6.45, 7) is 2.95. The normalized spacial score (nSPS) is 19.2. The van der Waals surface area contributed by atoms with E-state index in [2.05, 4.69) is 5.32 Å². The minimum Gasteiger partial charge on any atom is -0.349 e. The molecule has 2 aromatic carbocycles. The molecule has 1 fully saturated rings. The molecule has 6 nitrogen and oxygen atoms in total. The van der Waals surface area contributed by atoms with Crippen LogP contribution in [0, 0.1) is 5.92 Å². The lowest BCUT2D eigenvalue weighted by molar-refractivity contribution is -0.137. The molecule has 2 aromatic rings. The van der Waals surface area contributed by atoms with E-state index in [1.54, 1.807) is 0 Å². The molecule has 1 amide bonds. The Morgan fingerprint density at radius 1 is 1.06 bits per heavy atom. The third-order valence-electron chi connectivity index (χ3n) is 6.14. The number of hydrogen-bond donors (Lipinski definition) is 1. The molecule has 35 heavy (non-hydrogen) atoms. The first-order valence-corrected chi connectivity index (χ1v) is 14.4. The smallest absolute Gasteiger partial charge is 0.349 e. The second-order valence-electron chi connectivity index (χ2n) is 9.41. The molecule has 1 aliphatic rings. The number of carbonyl (C=O) groups excluding carboxylic acids is 1. The van der Waals surface area contributed by atoms with E-state index in [4.69, 9.17) is 11.6 Å². The molecule has 0 unspecified atom stereocenters. The molecule has 1 saturated carbocycles. The topological polar surface area (TPSA) is 97.4 Å². The molecule has 0 spiro atoms. The third kappa shape index (κ3) is 6.00. The second-order valence-corrected chi connectivity index (χ2v) is 14.4. The van der Waals surface area contributed by atoms with Gasteiger partial charge in [0.15, 0.2) is 19.7 Å². The van der Waals surface area contributed by atoms with Gasteiger partial charge in [0.25, 0.3) is 5.91 Å². The first-order chi connectivity index (χ1) is 15.9. The van der Waals surface area contributed by atoms with Crippen LogP contribution in [0.1, 0.15) is 49.0 Å². The van der Waals surface area contributed by atoms with Crippen LogP contribution in [0.5, 0.6) is 0 Å². The predicted molar refractivity (Wildman–Crippen MR) is 126 cm³/mol. The molecule has 1 aliphatic carbocycles. The van der Waals surface area contributed by atoms with Crippen molar-refractivity contribution in [2.24, 2.45) is 5.92 Å². The van der Waals surface area contributed by atoms with Crippen molar-refractivity contribution >= 4 is 37.2 Å². The maximum Gasteiger partial charge on any atom is 0.416 e. The van der Waals surface area contributed by atoms with Gasteiger partial charge < -0.3 is 5.32 Å². The molecule has 3 rings (SSSR count). The summed E-state index contributed by atoms with van der Waals surface area (Å²) < 4.78 is 88.0. The lowest BCUT2D eigenvalue weighted by Crippen LogP contribution is -2.47. The lowest BCUT2D eigenvalue weighted by atomic mass is 9.75. The van der Waals surface area contributed by atoms with Gasteiger partial charge in [-0.3, -0.25) is 4.79 Å². The molecule has 0 aliphatic heterocycles. The molecule has 0 heterocycles. The Morgan fingerprint density at radius 3 is 2.26 bits per heavy atom. The minimum absolute atomic E-state index is 0.0344. The number of sulfone groups is 2. The van der Waals surface area contributed by atoms with Crippen molar-refractivity contribution in [1.82, 2.24) is 5.32 Å². The highest BCUT2D eigenvalue weighted by atomic mass is 35.5. The van der Waals surface area contributed by atoms with Crippen LogP contribution in [0.4, 0.5) is 13.2 Å². The van der Waals surface area contributed by atoms with E-state index in [0.29, 0.717) is 18.9 Å². The number of rotatable bonds is 7. The Labute approximate surface area is 207 Å². The average Bonchev–Trinajstić information content (AvgIpc) is 2.70. The van der Waals surface area contributed by atoms with Crippen LogP contribution in [-0.4, -0.2) is 39.8 Å².